The molecule has 71 valence electrons. The first-order chi connectivity index (χ1) is 6.70. The molecule has 2 heterocycles. The molecule has 0 fully saturated rings. The fraction of sp³-hybridized carbons (Fsp3) is 0.111. The van der Waals surface area contributed by atoms with E-state index in [1.165, 1.54) is 18.6 Å². The molecule has 0 aliphatic rings. The summed E-state index contributed by atoms with van der Waals surface area (Å²) in [5, 5.41) is 22.5. The van der Waals surface area contributed by atoms with Crippen LogP contribution in [0.2, 0.25) is 0 Å². The largest absolute Gasteiger partial charge is 0.710 e. The van der Waals surface area contributed by atoms with Gasteiger partial charge in [0.25, 0.3) is 0 Å². The number of nitrogens with zero attached hydrogens (tertiary/aromatic N) is 3. The topological polar surface area (TPSA) is 64.7 Å². The van der Waals surface area contributed by atoms with Crippen molar-refractivity contribution >= 4 is 0 Å². The summed E-state index contributed by atoms with van der Waals surface area (Å²) in [6.45, 7) is 1.82. The molecule has 5 nitrogen and oxygen atoms in total. The molecule has 2 rings (SSSR count). The SMILES string of the molecule is Cc1ccncc1-c1n([O])cc[n+]1[O-]. The van der Waals surface area contributed by atoms with Gasteiger partial charge in [0.1, 0.15) is 6.20 Å². The van der Waals surface area contributed by atoms with Gasteiger partial charge in [-0.05, 0) is 18.6 Å². The van der Waals surface area contributed by atoms with Crippen LogP contribution in [0.1, 0.15) is 5.56 Å². The Morgan fingerprint density at radius 1 is 1.57 bits per heavy atom. The number of imidazole rings is 1. The number of hydrogen-bond donors (Lipinski definition) is 0. The second kappa shape index (κ2) is 3.02. The van der Waals surface area contributed by atoms with Crippen LogP contribution in [0.3, 0.4) is 0 Å². The Kier molecular flexibility index (Phi) is 1.85. The van der Waals surface area contributed by atoms with Gasteiger partial charge >= 0.3 is 5.82 Å². The maximum Gasteiger partial charge on any atom is 0.338 e. The molecule has 0 aromatic carbocycles. The molecule has 0 bridgehead atoms. The molecule has 0 amide bonds. The zero-order valence-corrected chi connectivity index (χ0v) is 7.54. The minimum Gasteiger partial charge on any atom is -0.710 e. The second-order valence-electron chi connectivity index (χ2n) is 2.96. The molecule has 0 aliphatic carbocycles. The molecule has 0 spiro atoms. The van der Waals surface area contributed by atoms with E-state index in [-0.39, 0.29) is 5.82 Å². The molecular weight excluding hydrogens is 182 g/mol. The van der Waals surface area contributed by atoms with Crippen molar-refractivity contribution < 1.29 is 9.94 Å². The third-order valence-electron chi connectivity index (χ3n) is 2.03. The lowest BCUT2D eigenvalue weighted by Crippen LogP contribution is -2.27. The van der Waals surface area contributed by atoms with Crippen molar-refractivity contribution in [3.63, 3.8) is 0 Å². The van der Waals surface area contributed by atoms with Gasteiger partial charge in [-0.1, -0.05) is 5.21 Å². The monoisotopic (exact) mass is 190 g/mol. The predicted octanol–water partition coefficient (Wildman–Crippen LogP) is 0.686. The highest BCUT2D eigenvalue weighted by molar-refractivity contribution is 5.55. The summed E-state index contributed by atoms with van der Waals surface area (Å²) in [7, 11) is 0. The summed E-state index contributed by atoms with van der Waals surface area (Å²) in [5.41, 5.74) is 1.41. The number of aryl methyl sites for hydroxylation is 1. The van der Waals surface area contributed by atoms with Gasteiger partial charge in [0.05, 0.1) is 5.56 Å². The van der Waals surface area contributed by atoms with Gasteiger partial charge in [-0.2, -0.15) is 0 Å². The first kappa shape index (κ1) is 8.55. The summed E-state index contributed by atoms with van der Waals surface area (Å²) in [4.78, 5) is 3.88. The first-order valence-electron chi connectivity index (χ1n) is 4.09. The van der Waals surface area contributed by atoms with E-state index in [4.69, 9.17) is 0 Å². The minimum absolute atomic E-state index is 0.0654. The normalized spacial score (nSPS) is 10.4. The molecule has 0 saturated carbocycles. The van der Waals surface area contributed by atoms with Crippen molar-refractivity contribution in [2.45, 2.75) is 6.92 Å². The van der Waals surface area contributed by atoms with Crippen molar-refractivity contribution in [3.05, 3.63) is 41.6 Å². The minimum atomic E-state index is 0.0654. The summed E-state index contributed by atoms with van der Waals surface area (Å²) in [6, 6.07) is 1.75. The molecule has 2 aromatic rings. The average molecular weight is 190 g/mol. The van der Waals surface area contributed by atoms with Crippen molar-refractivity contribution in [1.82, 2.24) is 9.71 Å². The standard InChI is InChI=1S/C9H8N3O2/c1-7-2-3-10-6-8(7)9-11(13)4-5-12(9)14/h2-6H,1H3. The first-order valence-corrected chi connectivity index (χ1v) is 4.09. The molecular formula is C9H8N3O2. The van der Waals surface area contributed by atoms with Gasteiger partial charge in [0.15, 0.2) is 6.20 Å². The molecule has 1 radical (unpaired) electrons. The maximum absolute atomic E-state index is 11.3. The Hall–Kier alpha value is -2.04. The van der Waals surface area contributed by atoms with Crippen LogP contribution in [-0.2, 0) is 5.21 Å². The Labute approximate surface area is 80.4 Å². The number of hydrogen-bond acceptors (Lipinski definition) is 2. The Morgan fingerprint density at radius 2 is 2.36 bits per heavy atom. The number of pyridine rings is 1. The third kappa shape index (κ3) is 1.19. The van der Waals surface area contributed by atoms with Crippen molar-refractivity contribution in [2.24, 2.45) is 0 Å². The molecule has 0 atom stereocenters. The lowest BCUT2D eigenvalue weighted by atomic mass is 10.1. The summed E-state index contributed by atoms with van der Waals surface area (Å²) < 4.78 is 1.08. The van der Waals surface area contributed by atoms with Crippen LogP contribution in [0.25, 0.3) is 11.4 Å². The molecule has 0 aliphatic heterocycles. The molecule has 2 aromatic heterocycles. The Morgan fingerprint density at radius 3 is 2.93 bits per heavy atom. The van der Waals surface area contributed by atoms with E-state index in [9.17, 15) is 10.4 Å². The molecule has 0 saturated heterocycles. The summed E-state index contributed by atoms with van der Waals surface area (Å²) in [6.07, 6.45) is 5.48. The van der Waals surface area contributed by atoms with Crippen LogP contribution in [0.5, 0.6) is 0 Å². The van der Waals surface area contributed by atoms with Crippen molar-refractivity contribution in [3.8, 4) is 11.4 Å². The smallest absolute Gasteiger partial charge is 0.338 e. The molecule has 14 heavy (non-hydrogen) atoms. The Bertz CT molecular complexity index is 445. The second-order valence-corrected chi connectivity index (χ2v) is 2.96. The van der Waals surface area contributed by atoms with E-state index in [1.807, 2.05) is 6.92 Å². The van der Waals surface area contributed by atoms with Crippen LogP contribution in [0.4, 0.5) is 0 Å². The fourth-order valence-corrected chi connectivity index (χ4v) is 1.29. The van der Waals surface area contributed by atoms with E-state index >= 15 is 0 Å². The summed E-state index contributed by atoms with van der Waals surface area (Å²) >= 11 is 0. The van der Waals surface area contributed by atoms with Gasteiger partial charge in [-0.15, -0.1) is 0 Å². The highest BCUT2D eigenvalue weighted by Gasteiger charge is 2.18. The van der Waals surface area contributed by atoms with Gasteiger partial charge in [0.2, 0.25) is 0 Å². The highest BCUT2D eigenvalue weighted by atomic mass is 16.5. The van der Waals surface area contributed by atoms with Crippen molar-refractivity contribution in [1.29, 1.82) is 0 Å². The molecule has 5 heteroatoms. The van der Waals surface area contributed by atoms with Gasteiger partial charge in [-0.3, -0.25) is 4.98 Å². The third-order valence-corrected chi connectivity index (χ3v) is 2.03. The van der Waals surface area contributed by atoms with Crippen molar-refractivity contribution in [2.75, 3.05) is 0 Å². The highest BCUT2D eigenvalue weighted by Crippen LogP contribution is 2.17. The molecule has 0 N–H and O–H groups in total. The van der Waals surface area contributed by atoms with Gasteiger partial charge in [0, 0.05) is 17.1 Å². The zero-order valence-electron chi connectivity index (χ0n) is 7.54. The van der Waals surface area contributed by atoms with Crippen LogP contribution < -0.4 is 4.73 Å². The van der Waals surface area contributed by atoms with E-state index in [0.717, 1.165) is 5.56 Å². The lowest BCUT2D eigenvalue weighted by molar-refractivity contribution is -0.594. The lowest BCUT2D eigenvalue weighted by Gasteiger charge is -2.03. The van der Waals surface area contributed by atoms with Crippen LogP contribution in [0, 0.1) is 12.1 Å². The van der Waals surface area contributed by atoms with E-state index in [1.54, 1.807) is 12.3 Å². The number of rotatable bonds is 1. The Balaban J connectivity index is 2.66. The molecule has 0 unspecified atom stereocenters. The fourth-order valence-electron chi connectivity index (χ4n) is 1.29. The predicted molar refractivity (Wildman–Crippen MR) is 47.4 cm³/mol. The van der Waals surface area contributed by atoms with E-state index in [2.05, 4.69) is 4.98 Å². The quantitative estimate of drug-likeness (QED) is 0.490. The van der Waals surface area contributed by atoms with Crippen LogP contribution >= 0.6 is 0 Å². The zero-order chi connectivity index (χ0) is 10.1. The maximum atomic E-state index is 11.3. The number of aromatic nitrogens is 3. The van der Waals surface area contributed by atoms with E-state index < -0.39 is 0 Å². The van der Waals surface area contributed by atoms with Gasteiger partial charge < -0.3 is 5.21 Å². The average Bonchev–Trinajstić information content (AvgIpc) is 2.48. The van der Waals surface area contributed by atoms with Crippen LogP contribution in [0.15, 0.2) is 30.9 Å². The van der Waals surface area contributed by atoms with E-state index in [0.29, 0.717) is 15.0 Å². The van der Waals surface area contributed by atoms with Gasteiger partial charge in [-0.25, -0.2) is 4.73 Å². The van der Waals surface area contributed by atoms with Crippen LogP contribution in [-0.4, -0.2) is 9.71 Å². The summed E-state index contributed by atoms with van der Waals surface area (Å²) in [5.74, 6) is 0.0654.